The molecule has 1 fully saturated rings. The molecule has 0 saturated carbocycles. The highest BCUT2D eigenvalue weighted by molar-refractivity contribution is 5.72. The Morgan fingerprint density at radius 2 is 1.85 bits per heavy atom. The van der Waals surface area contributed by atoms with E-state index in [1.54, 1.807) is 6.07 Å². The zero-order valence-electron chi connectivity index (χ0n) is 11.9. The Morgan fingerprint density at radius 1 is 1.20 bits per heavy atom. The van der Waals surface area contributed by atoms with Gasteiger partial charge in [0.2, 0.25) is 5.91 Å². The van der Waals surface area contributed by atoms with Crippen LogP contribution in [-0.4, -0.2) is 55.0 Å². The van der Waals surface area contributed by atoms with Crippen LogP contribution in [-0.2, 0) is 11.3 Å². The van der Waals surface area contributed by atoms with Crippen LogP contribution in [0.5, 0.6) is 0 Å². The molecular formula is C15H22FN3O. The van der Waals surface area contributed by atoms with E-state index in [9.17, 15) is 9.18 Å². The van der Waals surface area contributed by atoms with Crippen molar-refractivity contribution in [3.8, 4) is 0 Å². The zero-order chi connectivity index (χ0) is 14.4. The first kappa shape index (κ1) is 14.9. The molecule has 0 radical (unpaired) electrons. The van der Waals surface area contributed by atoms with Crippen LogP contribution >= 0.6 is 0 Å². The largest absolute Gasteiger partial charge is 0.355 e. The number of nitrogens with one attached hydrogen (secondary N) is 1. The molecule has 1 aromatic rings. The molecule has 1 saturated heterocycles. The quantitative estimate of drug-likeness (QED) is 0.876. The molecule has 20 heavy (non-hydrogen) atoms. The van der Waals surface area contributed by atoms with Crippen LogP contribution < -0.4 is 5.32 Å². The van der Waals surface area contributed by atoms with Gasteiger partial charge in [0.25, 0.3) is 0 Å². The first-order valence-corrected chi connectivity index (χ1v) is 7.07. The molecule has 4 nitrogen and oxygen atoms in total. The molecule has 110 valence electrons. The van der Waals surface area contributed by atoms with Crippen LogP contribution in [0.15, 0.2) is 24.3 Å². The minimum Gasteiger partial charge on any atom is -0.355 e. The van der Waals surface area contributed by atoms with Crippen LogP contribution in [0.1, 0.15) is 12.5 Å². The summed E-state index contributed by atoms with van der Waals surface area (Å²) >= 11 is 0. The lowest BCUT2D eigenvalue weighted by Crippen LogP contribution is -2.47. The predicted octanol–water partition coefficient (Wildman–Crippen LogP) is 1.08. The van der Waals surface area contributed by atoms with E-state index < -0.39 is 0 Å². The molecule has 0 aliphatic carbocycles. The normalized spacial score (nSPS) is 17.1. The highest BCUT2D eigenvalue weighted by Crippen LogP contribution is 2.11. The van der Waals surface area contributed by atoms with E-state index in [4.69, 9.17) is 0 Å². The summed E-state index contributed by atoms with van der Waals surface area (Å²) in [4.78, 5) is 15.4. The molecule has 1 amide bonds. The number of benzene rings is 1. The van der Waals surface area contributed by atoms with Gasteiger partial charge in [0.05, 0.1) is 0 Å². The number of carbonyl (C=O) groups is 1. The minimum absolute atomic E-state index is 0.0168. The minimum atomic E-state index is -0.124. The van der Waals surface area contributed by atoms with Crippen molar-refractivity contribution in [1.29, 1.82) is 0 Å². The van der Waals surface area contributed by atoms with Gasteiger partial charge in [-0.2, -0.15) is 0 Å². The van der Waals surface area contributed by atoms with Crippen molar-refractivity contribution < 1.29 is 9.18 Å². The molecule has 1 heterocycles. The standard InChI is InChI=1S/C15H22FN3O/c1-13(20)17-6-7-18-8-10-19(11-9-18)12-14-4-2-3-5-15(14)16/h2-5H,6-12H2,1H3,(H,17,20). The van der Waals surface area contributed by atoms with Gasteiger partial charge in [-0.25, -0.2) is 4.39 Å². The summed E-state index contributed by atoms with van der Waals surface area (Å²) in [5, 5.41) is 2.81. The third-order valence-electron chi connectivity index (χ3n) is 3.62. The van der Waals surface area contributed by atoms with E-state index in [0.717, 1.165) is 38.3 Å². The number of piperazine rings is 1. The van der Waals surface area contributed by atoms with Crippen molar-refractivity contribution in [1.82, 2.24) is 15.1 Å². The SMILES string of the molecule is CC(=O)NCCN1CCN(Cc2ccccc2F)CC1. The summed E-state index contributed by atoms with van der Waals surface area (Å²) < 4.78 is 13.6. The van der Waals surface area contributed by atoms with Crippen LogP contribution in [0.2, 0.25) is 0 Å². The number of amides is 1. The summed E-state index contributed by atoms with van der Waals surface area (Å²) in [5.41, 5.74) is 0.763. The third-order valence-corrected chi connectivity index (χ3v) is 3.62. The molecule has 0 unspecified atom stereocenters. The fourth-order valence-electron chi connectivity index (χ4n) is 2.43. The average Bonchev–Trinajstić information content (AvgIpc) is 2.43. The Morgan fingerprint density at radius 3 is 2.50 bits per heavy atom. The lowest BCUT2D eigenvalue weighted by Gasteiger charge is -2.34. The fraction of sp³-hybridized carbons (Fsp3) is 0.533. The van der Waals surface area contributed by atoms with Gasteiger partial charge in [-0.3, -0.25) is 14.6 Å². The van der Waals surface area contributed by atoms with Crippen LogP contribution in [0.4, 0.5) is 4.39 Å². The van der Waals surface area contributed by atoms with Crippen molar-refractivity contribution in [2.45, 2.75) is 13.5 Å². The monoisotopic (exact) mass is 279 g/mol. The van der Waals surface area contributed by atoms with Gasteiger partial charge >= 0.3 is 0 Å². The lowest BCUT2D eigenvalue weighted by atomic mass is 10.2. The third kappa shape index (κ3) is 4.58. The topological polar surface area (TPSA) is 35.6 Å². The lowest BCUT2D eigenvalue weighted by molar-refractivity contribution is -0.119. The van der Waals surface area contributed by atoms with Gasteiger partial charge in [0.15, 0.2) is 0 Å². The molecular weight excluding hydrogens is 257 g/mol. The number of hydrogen-bond donors (Lipinski definition) is 1. The van der Waals surface area contributed by atoms with E-state index in [2.05, 4.69) is 15.1 Å². The molecule has 0 bridgehead atoms. The Bertz CT molecular complexity index is 444. The highest BCUT2D eigenvalue weighted by atomic mass is 19.1. The smallest absolute Gasteiger partial charge is 0.216 e. The second kappa shape index (κ2) is 7.36. The zero-order valence-corrected chi connectivity index (χ0v) is 11.9. The van der Waals surface area contributed by atoms with Gasteiger partial charge in [0.1, 0.15) is 5.82 Å². The molecule has 1 aliphatic heterocycles. The summed E-state index contributed by atoms with van der Waals surface area (Å²) in [6.07, 6.45) is 0. The number of rotatable bonds is 5. The first-order chi connectivity index (χ1) is 9.65. The number of hydrogen-bond acceptors (Lipinski definition) is 3. The summed E-state index contributed by atoms with van der Waals surface area (Å²) in [6, 6.07) is 6.96. The van der Waals surface area contributed by atoms with Crippen LogP contribution in [0.3, 0.4) is 0 Å². The molecule has 2 rings (SSSR count). The van der Waals surface area contributed by atoms with Crippen LogP contribution in [0.25, 0.3) is 0 Å². The Hall–Kier alpha value is -1.46. The Labute approximate surface area is 119 Å². The Kier molecular flexibility index (Phi) is 5.49. The first-order valence-electron chi connectivity index (χ1n) is 7.07. The maximum absolute atomic E-state index is 13.6. The second-order valence-electron chi connectivity index (χ2n) is 5.19. The maximum atomic E-state index is 13.6. The van der Waals surface area contributed by atoms with E-state index in [0.29, 0.717) is 13.1 Å². The molecule has 5 heteroatoms. The van der Waals surface area contributed by atoms with Crippen molar-refractivity contribution in [3.63, 3.8) is 0 Å². The van der Waals surface area contributed by atoms with Crippen molar-refractivity contribution in [2.24, 2.45) is 0 Å². The number of halogens is 1. The molecule has 1 aromatic carbocycles. The number of carbonyl (C=O) groups excluding carboxylic acids is 1. The molecule has 1 N–H and O–H groups in total. The van der Waals surface area contributed by atoms with Gasteiger partial charge in [-0.1, -0.05) is 18.2 Å². The average molecular weight is 279 g/mol. The van der Waals surface area contributed by atoms with Crippen LogP contribution in [0, 0.1) is 5.82 Å². The van der Waals surface area contributed by atoms with Gasteiger partial charge in [-0.05, 0) is 6.07 Å². The van der Waals surface area contributed by atoms with E-state index >= 15 is 0 Å². The summed E-state index contributed by atoms with van der Waals surface area (Å²) in [5.74, 6) is -0.108. The predicted molar refractivity (Wildman–Crippen MR) is 76.8 cm³/mol. The Balaban J connectivity index is 1.72. The molecule has 0 spiro atoms. The molecule has 0 aromatic heterocycles. The van der Waals surface area contributed by atoms with Crippen molar-refractivity contribution in [2.75, 3.05) is 39.3 Å². The van der Waals surface area contributed by atoms with E-state index in [1.165, 1.54) is 13.0 Å². The molecule has 1 aliphatic rings. The summed E-state index contributed by atoms with van der Waals surface area (Å²) in [6.45, 7) is 7.60. The van der Waals surface area contributed by atoms with E-state index in [-0.39, 0.29) is 11.7 Å². The van der Waals surface area contributed by atoms with E-state index in [1.807, 2.05) is 12.1 Å². The van der Waals surface area contributed by atoms with Gasteiger partial charge in [-0.15, -0.1) is 0 Å². The van der Waals surface area contributed by atoms with Gasteiger partial charge in [0, 0.05) is 58.3 Å². The summed E-state index contributed by atoms with van der Waals surface area (Å²) in [7, 11) is 0. The van der Waals surface area contributed by atoms with Gasteiger partial charge < -0.3 is 5.32 Å². The van der Waals surface area contributed by atoms with Crippen molar-refractivity contribution in [3.05, 3.63) is 35.6 Å². The highest BCUT2D eigenvalue weighted by Gasteiger charge is 2.17. The fourth-order valence-corrected chi connectivity index (χ4v) is 2.43. The van der Waals surface area contributed by atoms with Crippen molar-refractivity contribution >= 4 is 5.91 Å². The molecule has 0 atom stereocenters. The maximum Gasteiger partial charge on any atom is 0.216 e. The number of nitrogens with zero attached hydrogens (tertiary/aromatic N) is 2. The second-order valence-corrected chi connectivity index (χ2v) is 5.19.